The summed E-state index contributed by atoms with van der Waals surface area (Å²) in [5.41, 5.74) is 3.73. The maximum Gasteiger partial charge on any atom is 0.255 e. The number of aryl methyl sites for hydroxylation is 2. The molecule has 0 spiro atoms. The van der Waals surface area contributed by atoms with Crippen LogP contribution in [-0.4, -0.2) is 5.91 Å². The molecule has 3 heteroatoms. The third-order valence-corrected chi connectivity index (χ3v) is 3.34. The van der Waals surface area contributed by atoms with E-state index in [0.29, 0.717) is 10.6 Å². The second-order valence-corrected chi connectivity index (χ2v) is 4.86. The van der Waals surface area contributed by atoms with Crippen molar-refractivity contribution in [2.75, 3.05) is 5.32 Å². The summed E-state index contributed by atoms with van der Waals surface area (Å²) in [6.45, 7) is 4.07. The lowest BCUT2D eigenvalue weighted by molar-refractivity contribution is 0.102. The number of anilines is 1. The SMILES string of the molecule is CCc1cccc(C)c1NC(=O)c1ccc(Cl)cc1. The summed E-state index contributed by atoms with van der Waals surface area (Å²) >= 11 is 5.82. The highest BCUT2D eigenvalue weighted by molar-refractivity contribution is 6.30. The fourth-order valence-corrected chi connectivity index (χ4v) is 2.11. The molecule has 1 N–H and O–H groups in total. The highest BCUT2D eigenvalue weighted by Gasteiger charge is 2.10. The summed E-state index contributed by atoms with van der Waals surface area (Å²) in [6.07, 6.45) is 0.887. The molecule has 0 heterocycles. The van der Waals surface area contributed by atoms with Crippen molar-refractivity contribution < 1.29 is 4.79 Å². The maximum atomic E-state index is 12.2. The Labute approximate surface area is 118 Å². The van der Waals surface area contributed by atoms with Crippen LogP contribution in [0.4, 0.5) is 5.69 Å². The zero-order valence-corrected chi connectivity index (χ0v) is 11.8. The van der Waals surface area contributed by atoms with E-state index in [9.17, 15) is 4.79 Å². The van der Waals surface area contributed by atoms with E-state index in [1.807, 2.05) is 25.1 Å². The molecule has 2 aromatic carbocycles. The summed E-state index contributed by atoms with van der Waals surface area (Å²) in [4.78, 5) is 12.2. The van der Waals surface area contributed by atoms with E-state index < -0.39 is 0 Å². The van der Waals surface area contributed by atoms with Crippen LogP contribution in [0.1, 0.15) is 28.4 Å². The highest BCUT2D eigenvalue weighted by atomic mass is 35.5. The molecule has 0 bridgehead atoms. The van der Waals surface area contributed by atoms with E-state index in [2.05, 4.69) is 12.2 Å². The molecule has 19 heavy (non-hydrogen) atoms. The molecule has 0 unspecified atom stereocenters. The van der Waals surface area contributed by atoms with Gasteiger partial charge in [-0.1, -0.05) is 36.7 Å². The predicted octanol–water partition coefficient (Wildman–Crippen LogP) is 4.46. The fourth-order valence-electron chi connectivity index (χ4n) is 1.99. The minimum absolute atomic E-state index is 0.110. The summed E-state index contributed by atoms with van der Waals surface area (Å²) in [6, 6.07) is 12.9. The van der Waals surface area contributed by atoms with Crippen LogP contribution in [0.3, 0.4) is 0 Å². The standard InChI is InChI=1S/C16H16ClNO/c1-3-12-6-4-5-11(2)15(12)18-16(19)13-7-9-14(17)10-8-13/h4-10H,3H2,1-2H3,(H,18,19). The van der Waals surface area contributed by atoms with Gasteiger partial charge < -0.3 is 5.32 Å². The van der Waals surface area contributed by atoms with E-state index >= 15 is 0 Å². The quantitative estimate of drug-likeness (QED) is 0.879. The molecule has 0 saturated carbocycles. The topological polar surface area (TPSA) is 29.1 Å². The first-order valence-electron chi connectivity index (χ1n) is 6.27. The van der Waals surface area contributed by atoms with Gasteiger partial charge in [-0.2, -0.15) is 0 Å². The Morgan fingerprint density at radius 3 is 2.47 bits per heavy atom. The number of hydrogen-bond acceptors (Lipinski definition) is 1. The first-order valence-corrected chi connectivity index (χ1v) is 6.65. The largest absolute Gasteiger partial charge is 0.321 e. The second-order valence-electron chi connectivity index (χ2n) is 4.42. The second kappa shape index (κ2) is 5.89. The average Bonchev–Trinajstić information content (AvgIpc) is 2.41. The molecule has 0 fully saturated rings. The van der Waals surface area contributed by atoms with Crippen LogP contribution in [0.2, 0.25) is 5.02 Å². The summed E-state index contributed by atoms with van der Waals surface area (Å²) < 4.78 is 0. The van der Waals surface area contributed by atoms with Crippen molar-refractivity contribution >= 4 is 23.2 Å². The molecule has 2 nitrogen and oxygen atoms in total. The number of amides is 1. The third-order valence-electron chi connectivity index (χ3n) is 3.08. The first-order chi connectivity index (χ1) is 9.11. The van der Waals surface area contributed by atoms with Gasteiger partial charge in [0.1, 0.15) is 0 Å². The van der Waals surface area contributed by atoms with Gasteiger partial charge in [0.05, 0.1) is 0 Å². The molecule has 0 atom stereocenters. The van der Waals surface area contributed by atoms with Crippen molar-refractivity contribution in [2.45, 2.75) is 20.3 Å². The van der Waals surface area contributed by atoms with Crippen LogP contribution < -0.4 is 5.32 Å². The lowest BCUT2D eigenvalue weighted by Crippen LogP contribution is -2.14. The van der Waals surface area contributed by atoms with E-state index in [0.717, 1.165) is 23.2 Å². The van der Waals surface area contributed by atoms with Gasteiger partial charge in [-0.3, -0.25) is 4.79 Å². The smallest absolute Gasteiger partial charge is 0.255 e. The number of halogens is 1. The Morgan fingerprint density at radius 1 is 1.16 bits per heavy atom. The van der Waals surface area contributed by atoms with Crippen molar-refractivity contribution in [3.8, 4) is 0 Å². The van der Waals surface area contributed by atoms with Crippen molar-refractivity contribution in [2.24, 2.45) is 0 Å². The van der Waals surface area contributed by atoms with Gasteiger partial charge in [-0.25, -0.2) is 0 Å². The molecule has 1 amide bonds. The first kappa shape index (κ1) is 13.6. The van der Waals surface area contributed by atoms with Crippen LogP contribution in [0.25, 0.3) is 0 Å². The lowest BCUT2D eigenvalue weighted by atomic mass is 10.1. The average molecular weight is 274 g/mol. The van der Waals surface area contributed by atoms with Gasteiger partial charge in [-0.05, 0) is 48.7 Å². The monoisotopic (exact) mass is 273 g/mol. The van der Waals surface area contributed by atoms with E-state index in [1.54, 1.807) is 24.3 Å². The van der Waals surface area contributed by atoms with E-state index in [1.165, 1.54) is 0 Å². The molecule has 2 rings (SSSR count). The number of para-hydroxylation sites is 1. The number of hydrogen-bond donors (Lipinski definition) is 1. The van der Waals surface area contributed by atoms with Crippen LogP contribution in [0.5, 0.6) is 0 Å². The van der Waals surface area contributed by atoms with Crippen LogP contribution in [0.15, 0.2) is 42.5 Å². The Bertz CT molecular complexity index is 590. The van der Waals surface area contributed by atoms with Crippen LogP contribution >= 0.6 is 11.6 Å². The molecule has 0 saturated heterocycles. The Hall–Kier alpha value is -1.80. The predicted molar refractivity (Wildman–Crippen MR) is 80.0 cm³/mol. The molecule has 0 aromatic heterocycles. The maximum absolute atomic E-state index is 12.2. The molecule has 0 aliphatic carbocycles. The molecule has 0 aliphatic heterocycles. The molecule has 98 valence electrons. The minimum atomic E-state index is -0.110. The Morgan fingerprint density at radius 2 is 1.84 bits per heavy atom. The van der Waals surface area contributed by atoms with Crippen LogP contribution in [-0.2, 0) is 6.42 Å². The van der Waals surface area contributed by atoms with Gasteiger partial charge in [-0.15, -0.1) is 0 Å². The third kappa shape index (κ3) is 3.15. The fraction of sp³-hybridized carbons (Fsp3) is 0.188. The van der Waals surface area contributed by atoms with Gasteiger partial charge in [0.25, 0.3) is 5.91 Å². The van der Waals surface area contributed by atoms with Crippen molar-refractivity contribution in [3.05, 3.63) is 64.2 Å². The molecular formula is C16H16ClNO. The summed E-state index contributed by atoms with van der Waals surface area (Å²) in [7, 11) is 0. The Kier molecular flexibility index (Phi) is 4.23. The van der Waals surface area contributed by atoms with Gasteiger partial charge in [0, 0.05) is 16.3 Å². The van der Waals surface area contributed by atoms with Crippen molar-refractivity contribution in [1.82, 2.24) is 0 Å². The van der Waals surface area contributed by atoms with Crippen LogP contribution in [0, 0.1) is 6.92 Å². The van der Waals surface area contributed by atoms with Gasteiger partial charge >= 0.3 is 0 Å². The number of carbonyl (C=O) groups is 1. The number of carbonyl (C=O) groups excluding carboxylic acids is 1. The van der Waals surface area contributed by atoms with Crippen molar-refractivity contribution in [1.29, 1.82) is 0 Å². The van der Waals surface area contributed by atoms with E-state index in [4.69, 9.17) is 11.6 Å². The Balaban J connectivity index is 2.26. The summed E-state index contributed by atoms with van der Waals surface area (Å²) in [5.74, 6) is -0.110. The zero-order valence-electron chi connectivity index (χ0n) is 11.0. The van der Waals surface area contributed by atoms with E-state index in [-0.39, 0.29) is 5.91 Å². The minimum Gasteiger partial charge on any atom is -0.321 e. The van der Waals surface area contributed by atoms with Gasteiger partial charge in [0.15, 0.2) is 0 Å². The normalized spacial score (nSPS) is 10.3. The van der Waals surface area contributed by atoms with Gasteiger partial charge in [0.2, 0.25) is 0 Å². The highest BCUT2D eigenvalue weighted by Crippen LogP contribution is 2.22. The number of benzene rings is 2. The molecule has 0 radical (unpaired) electrons. The molecular weight excluding hydrogens is 258 g/mol. The summed E-state index contributed by atoms with van der Waals surface area (Å²) in [5, 5.41) is 3.61. The number of nitrogens with one attached hydrogen (secondary N) is 1. The lowest BCUT2D eigenvalue weighted by Gasteiger charge is -2.13. The number of rotatable bonds is 3. The molecule has 0 aliphatic rings. The molecule has 2 aromatic rings. The zero-order chi connectivity index (χ0) is 13.8. The van der Waals surface area contributed by atoms with Crippen molar-refractivity contribution in [3.63, 3.8) is 0 Å².